The summed E-state index contributed by atoms with van der Waals surface area (Å²) in [6.07, 6.45) is 0.475. The normalized spacial score (nSPS) is 26.9. The minimum Gasteiger partial charge on any atom is -0.331 e. The van der Waals surface area contributed by atoms with Crippen molar-refractivity contribution in [2.24, 2.45) is 0 Å². The molecule has 28 heavy (non-hydrogen) atoms. The van der Waals surface area contributed by atoms with Crippen LogP contribution in [-0.2, 0) is 0 Å². The Morgan fingerprint density at radius 2 is 2.00 bits per heavy atom. The number of hydrogen-bond donors (Lipinski definition) is 0. The first-order chi connectivity index (χ1) is 13.4. The van der Waals surface area contributed by atoms with Gasteiger partial charge >= 0.3 is 0 Å². The summed E-state index contributed by atoms with van der Waals surface area (Å²) in [5.41, 5.74) is 3.51. The molecule has 3 atom stereocenters. The third-order valence-electron chi connectivity index (χ3n) is 6.43. The number of rotatable bonds is 1. The SMILES string of the molecule is CN1C(=O)c2cccc(C3CC3(F)F)c2[C@H]2C[C@@H]1c1nc3ccc(Cl)cc3n12. The average Bonchev–Trinajstić information content (AvgIpc) is 3.01. The maximum absolute atomic E-state index is 14.0. The van der Waals surface area contributed by atoms with Crippen molar-refractivity contribution in [1.82, 2.24) is 14.5 Å². The molecule has 2 aliphatic heterocycles. The number of fused-ring (bicyclic) bond motifs is 9. The molecule has 2 bridgehead atoms. The topological polar surface area (TPSA) is 38.1 Å². The monoisotopic (exact) mass is 399 g/mol. The van der Waals surface area contributed by atoms with Gasteiger partial charge in [-0.05, 0) is 35.4 Å². The van der Waals surface area contributed by atoms with Crippen molar-refractivity contribution in [2.45, 2.75) is 36.8 Å². The molecule has 2 aromatic carbocycles. The Balaban J connectivity index is 1.67. The lowest BCUT2D eigenvalue weighted by Crippen LogP contribution is -2.30. The molecule has 0 radical (unpaired) electrons. The third kappa shape index (κ3) is 1.99. The van der Waals surface area contributed by atoms with Crippen LogP contribution in [0.5, 0.6) is 0 Å². The molecule has 1 aliphatic carbocycles. The molecule has 3 heterocycles. The molecule has 1 fully saturated rings. The van der Waals surface area contributed by atoms with Crippen LogP contribution in [0.15, 0.2) is 36.4 Å². The van der Waals surface area contributed by atoms with Gasteiger partial charge in [-0.3, -0.25) is 4.79 Å². The molecule has 3 aliphatic rings. The molecule has 1 aromatic heterocycles. The quantitative estimate of drug-likeness (QED) is 0.581. The van der Waals surface area contributed by atoms with E-state index in [1.54, 1.807) is 36.2 Å². The van der Waals surface area contributed by atoms with Gasteiger partial charge in [0.05, 0.1) is 29.0 Å². The van der Waals surface area contributed by atoms with Gasteiger partial charge in [0.25, 0.3) is 11.8 Å². The summed E-state index contributed by atoms with van der Waals surface area (Å²) < 4.78 is 30.1. The first kappa shape index (κ1) is 16.5. The van der Waals surface area contributed by atoms with E-state index in [-0.39, 0.29) is 24.4 Å². The van der Waals surface area contributed by atoms with Gasteiger partial charge in [0.2, 0.25) is 0 Å². The van der Waals surface area contributed by atoms with Crippen LogP contribution in [0.2, 0.25) is 5.02 Å². The van der Waals surface area contributed by atoms with Gasteiger partial charge in [-0.25, -0.2) is 13.8 Å². The predicted molar refractivity (Wildman–Crippen MR) is 101 cm³/mol. The molecule has 1 saturated carbocycles. The number of imidazole rings is 1. The molecular formula is C21H16ClF2N3O. The second-order valence-corrected chi connectivity index (χ2v) is 8.42. The average molecular weight is 400 g/mol. The van der Waals surface area contributed by atoms with Crippen molar-refractivity contribution in [3.8, 4) is 0 Å². The van der Waals surface area contributed by atoms with Crippen LogP contribution in [-0.4, -0.2) is 33.3 Å². The van der Waals surface area contributed by atoms with Gasteiger partial charge in [-0.15, -0.1) is 0 Å². The number of alkyl halides is 2. The lowest BCUT2D eigenvalue weighted by atomic mass is 9.91. The van der Waals surface area contributed by atoms with E-state index in [1.165, 1.54) is 0 Å². The standard InChI is InChI=1S/C21H16ClF2N3O/c1-26-17-8-16(27-15-7-10(22)5-6-14(15)25-19(17)27)18-11(13-9-21(13,23)24)3-2-4-12(18)20(26)28/h2-7,13,16-17H,8-9H2,1H3/t13?,16-,17-/m1/s1. The van der Waals surface area contributed by atoms with E-state index in [0.29, 0.717) is 22.6 Å². The minimum absolute atomic E-state index is 0.135. The van der Waals surface area contributed by atoms with Crippen LogP contribution in [0.1, 0.15) is 58.2 Å². The summed E-state index contributed by atoms with van der Waals surface area (Å²) in [5.74, 6) is -2.86. The van der Waals surface area contributed by atoms with E-state index < -0.39 is 11.8 Å². The van der Waals surface area contributed by atoms with E-state index in [0.717, 1.165) is 22.4 Å². The van der Waals surface area contributed by atoms with Gasteiger partial charge in [0.1, 0.15) is 5.82 Å². The largest absolute Gasteiger partial charge is 0.331 e. The van der Waals surface area contributed by atoms with Crippen molar-refractivity contribution >= 4 is 28.5 Å². The zero-order valence-corrected chi connectivity index (χ0v) is 15.8. The number of aromatic nitrogens is 2. The lowest BCUT2D eigenvalue weighted by molar-refractivity contribution is 0.0734. The summed E-state index contributed by atoms with van der Waals surface area (Å²) in [7, 11) is 1.76. The minimum atomic E-state index is -2.70. The van der Waals surface area contributed by atoms with Crippen LogP contribution < -0.4 is 0 Å². The fraction of sp³-hybridized carbons (Fsp3) is 0.333. The van der Waals surface area contributed by atoms with Crippen LogP contribution in [0, 0.1) is 0 Å². The number of nitrogens with zero attached hydrogens (tertiary/aromatic N) is 3. The summed E-state index contributed by atoms with van der Waals surface area (Å²) in [6.45, 7) is 0. The summed E-state index contributed by atoms with van der Waals surface area (Å²) in [5, 5.41) is 0.598. The highest BCUT2D eigenvalue weighted by Crippen LogP contribution is 2.59. The van der Waals surface area contributed by atoms with E-state index in [1.807, 2.05) is 12.1 Å². The Morgan fingerprint density at radius 3 is 2.75 bits per heavy atom. The molecule has 142 valence electrons. The highest BCUT2D eigenvalue weighted by atomic mass is 35.5. The summed E-state index contributed by atoms with van der Waals surface area (Å²) in [6, 6.07) is 10.3. The number of carbonyl (C=O) groups is 1. The van der Waals surface area contributed by atoms with Crippen LogP contribution in [0.25, 0.3) is 11.0 Å². The van der Waals surface area contributed by atoms with Gasteiger partial charge in [0, 0.05) is 30.5 Å². The summed E-state index contributed by atoms with van der Waals surface area (Å²) in [4.78, 5) is 19.6. The van der Waals surface area contributed by atoms with E-state index in [2.05, 4.69) is 4.57 Å². The van der Waals surface area contributed by atoms with Crippen molar-refractivity contribution in [1.29, 1.82) is 0 Å². The Morgan fingerprint density at radius 1 is 1.21 bits per heavy atom. The maximum Gasteiger partial charge on any atom is 0.255 e. The fourth-order valence-electron chi connectivity index (χ4n) is 4.98. The van der Waals surface area contributed by atoms with Crippen molar-refractivity contribution in [3.05, 3.63) is 63.9 Å². The van der Waals surface area contributed by atoms with Crippen LogP contribution in [0.3, 0.4) is 0 Å². The summed E-state index contributed by atoms with van der Waals surface area (Å²) >= 11 is 6.23. The second kappa shape index (κ2) is 5.11. The first-order valence-corrected chi connectivity index (χ1v) is 9.70. The molecule has 7 heteroatoms. The highest BCUT2D eigenvalue weighted by Gasteiger charge is 2.59. The van der Waals surface area contributed by atoms with Crippen molar-refractivity contribution in [3.63, 3.8) is 0 Å². The van der Waals surface area contributed by atoms with Crippen molar-refractivity contribution < 1.29 is 13.6 Å². The Bertz CT molecular complexity index is 1190. The van der Waals surface area contributed by atoms with Gasteiger partial charge in [-0.2, -0.15) is 0 Å². The zero-order chi connectivity index (χ0) is 19.4. The second-order valence-electron chi connectivity index (χ2n) is 7.98. The zero-order valence-electron chi connectivity index (χ0n) is 15.0. The number of hydrogen-bond acceptors (Lipinski definition) is 2. The Hall–Kier alpha value is -2.47. The number of benzene rings is 2. The van der Waals surface area contributed by atoms with E-state index in [4.69, 9.17) is 16.6 Å². The van der Waals surface area contributed by atoms with E-state index in [9.17, 15) is 13.6 Å². The molecule has 3 aromatic rings. The molecule has 0 spiro atoms. The molecule has 1 unspecified atom stereocenters. The van der Waals surface area contributed by atoms with Crippen molar-refractivity contribution in [2.75, 3.05) is 7.05 Å². The van der Waals surface area contributed by atoms with E-state index >= 15 is 0 Å². The predicted octanol–water partition coefficient (Wildman–Crippen LogP) is 4.93. The van der Waals surface area contributed by atoms with Gasteiger partial charge in [-0.1, -0.05) is 23.7 Å². The molecule has 6 rings (SSSR count). The molecule has 1 amide bonds. The molecule has 0 saturated heterocycles. The highest BCUT2D eigenvalue weighted by molar-refractivity contribution is 6.31. The molecule has 0 N–H and O–H groups in total. The molecule has 4 nitrogen and oxygen atoms in total. The number of carbonyl (C=O) groups excluding carboxylic acids is 1. The number of halogens is 3. The first-order valence-electron chi connectivity index (χ1n) is 9.32. The van der Waals surface area contributed by atoms with Gasteiger partial charge < -0.3 is 9.47 Å². The lowest BCUT2D eigenvalue weighted by Gasteiger charge is -2.25. The Labute approximate surface area is 164 Å². The number of amides is 1. The third-order valence-corrected chi connectivity index (χ3v) is 6.66. The smallest absolute Gasteiger partial charge is 0.255 e. The van der Waals surface area contributed by atoms with Crippen LogP contribution in [0.4, 0.5) is 8.78 Å². The maximum atomic E-state index is 14.0. The van der Waals surface area contributed by atoms with Gasteiger partial charge in [0.15, 0.2) is 0 Å². The molecular weight excluding hydrogens is 384 g/mol. The fourth-order valence-corrected chi connectivity index (χ4v) is 5.14. The Kier molecular flexibility index (Phi) is 3.01. The van der Waals surface area contributed by atoms with Crippen LogP contribution >= 0.6 is 11.6 Å².